The minimum Gasteiger partial charge on any atom is -0.368 e. The molecule has 1 heterocycles. The van der Waals surface area contributed by atoms with Crippen LogP contribution in [-0.4, -0.2) is 11.5 Å². The van der Waals surface area contributed by atoms with Crippen LogP contribution in [0.2, 0.25) is 5.02 Å². The largest absolute Gasteiger partial charge is 0.368 e. The molecule has 0 unspecified atom stereocenters. The summed E-state index contributed by atoms with van der Waals surface area (Å²) in [5.41, 5.74) is 0.810. The molecule has 0 aliphatic carbocycles. The first-order valence-corrected chi connectivity index (χ1v) is 6.56. The summed E-state index contributed by atoms with van der Waals surface area (Å²) in [7, 11) is 0. The zero-order chi connectivity index (χ0) is 14.5. The van der Waals surface area contributed by atoms with Crippen LogP contribution in [0.25, 0.3) is 0 Å². The number of nitrogens with zero attached hydrogens (tertiary/aromatic N) is 1. The highest BCUT2D eigenvalue weighted by atomic mass is 35.5. The predicted molar refractivity (Wildman–Crippen MR) is 77.1 cm³/mol. The molecular weight excluding hydrogens is 284 g/mol. The molecule has 2 rings (SSSR count). The van der Waals surface area contributed by atoms with E-state index in [1.807, 2.05) is 18.2 Å². The third-order valence-corrected chi connectivity index (χ3v) is 3.05. The molecule has 0 fully saturated rings. The van der Waals surface area contributed by atoms with Gasteiger partial charge in [-0.2, -0.15) is 0 Å². The van der Waals surface area contributed by atoms with Crippen LogP contribution in [0.3, 0.4) is 0 Å². The van der Waals surface area contributed by atoms with Gasteiger partial charge in [0.05, 0.1) is 0 Å². The van der Waals surface area contributed by atoms with Crippen molar-refractivity contribution in [2.75, 3.05) is 17.2 Å². The van der Waals surface area contributed by atoms with Gasteiger partial charge in [0.15, 0.2) is 23.3 Å². The van der Waals surface area contributed by atoms with E-state index in [1.54, 1.807) is 13.0 Å². The van der Waals surface area contributed by atoms with Gasteiger partial charge >= 0.3 is 0 Å². The number of nitrogens with one attached hydrogen (secondary N) is 2. The maximum atomic E-state index is 13.6. The number of anilines is 2. The van der Waals surface area contributed by atoms with Crippen LogP contribution in [0.1, 0.15) is 12.5 Å². The molecule has 2 aromatic rings. The smallest absolute Gasteiger partial charge is 0.168 e. The zero-order valence-corrected chi connectivity index (χ0v) is 11.6. The van der Waals surface area contributed by atoms with Crippen molar-refractivity contribution in [1.29, 1.82) is 0 Å². The SMILES string of the molecule is CCNc1nc(NCc2ccccc2Cl)c(F)cc1F. The molecule has 1 aromatic heterocycles. The van der Waals surface area contributed by atoms with E-state index in [1.165, 1.54) is 0 Å². The highest BCUT2D eigenvalue weighted by Crippen LogP contribution is 2.21. The molecule has 6 heteroatoms. The fourth-order valence-corrected chi connectivity index (χ4v) is 1.91. The van der Waals surface area contributed by atoms with Gasteiger partial charge in [0, 0.05) is 24.2 Å². The molecule has 0 bridgehead atoms. The van der Waals surface area contributed by atoms with E-state index in [9.17, 15) is 8.78 Å². The summed E-state index contributed by atoms with van der Waals surface area (Å²) in [5.74, 6) is -1.44. The number of rotatable bonds is 5. The number of benzene rings is 1. The summed E-state index contributed by atoms with van der Waals surface area (Å²) in [6, 6.07) is 8.02. The lowest BCUT2D eigenvalue weighted by Crippen LogP contribution is -2.09. The number of halogens is 3. The van der Waals surface area contributed by atoms with Gasteiger partial charge in [0.1, 0.15) is 0 Å². The summed E-state index contributed by atoms with van der Waals surface area (Å²) in [6.45, 7) is 2.61. The Kier molecular flexibility index (Phi) is 4.74. The fourth-order valence-electron chi connectivity index (χ4n) is 1.70. The Bertz CT molecular complexity index is 605. The number of hydrogen-bond acceptors (Lipinski definition) is 3. The van der Waals surface area contributed by atoms with Gasteiger partial charge in [-0.05, 0) is 18.6 Å². The molecule has 0 radical (unpaired) electrons. The van der Waals surface area contributed by atoms with Crippen molar-refractivity contribution in [3.05, 3.63) is 52.6 Å². The van der Waals surface area contributed by atoms with Crippen molar-refractivity contribution in [3.63, 3.8) is 0 Å². The topological polar surface area (TPSA) is 37.0 Å². The van der Waals surface area contributed by atoms with Crippen molar-refractivity contribution in [1.82, 2.24) is 4.98 Å². The first-order chi connectivity index (χ1) is 9.61. The van der Waals surface area contributed by atoms with Gasteiger partial charge in [-0.25, -0.2) is 13.8 Å². The minimum absolute atomic E-state index is 0.0118. The molecule has 1 aromatic carbocycles. The van der Waals surface area contributed by atoms with E-state index in [4.69, 9.17) is 11.6 Å². The van der Waals surface area contributed by atoms with Crippen molar-refractivity contribution >= 4 is 23.2 Å². The molecule has 3 nitrogen and oxygen atoms in total. The first-order valence-electron chi connectivity index (χ1n) is 6.19. The average Bonchev–Trinajstić information content (AvgIpc) is 2.42. The molecule has 0 atom stereocenters. The van der Waals surface area contributed by atoms with Gasteiger partial charge in [-0.1, -0.05) is 29.8 Å². The second kappa shape index (κ2) is 6.52. The van der Waals surface area contributed by atoms with Gasteiger partial charge < -0.3 is 10.6 Å². The Morgan fingerprint density at radius 3 is 2.40 bits per heavy atom. The molecular formula is C14H14ClF2N3. The second-order valence-corrected chi connectivity index (χ2v) is 4.53. The Morgan fingerprint density at radius 2 is 1.75 bits per heavy atom. The van der Waals surface area contributed by atoms with Crippen LogP contribution in [0.5, 0.6) is 0 Å². The van der Waals surface area contributed by atoms with Crippen LogP contribution >= 0.6 is 11.6 Å². The summed E-state index contributed by atoms with van der Waals surface area (Å²) in [6.07, 6.45) is 0. The molecule has 0 aliphatic rings. The summed E-state index contributed by atoms with van der Waals surface area (Å²) in [5, 5.41) is 6.13. The van der Waals surface area contributed by atoms with E-state index in [2.05, 4.69) is 15.6 Å². The van der Waals surface area contributed by atoms with E-state index in [0.29, 0.717) is 18.1 Å². The van der Waals surface area contributed by atoms with Crippen LogP contribution in [-0.2, 0) is 6.54 Å². The highest BCUT2D eigenvalue weighted by molar-refractivity contribution is 6.31. The Labute approximate surface area is 121 Å². The lowest BCUT2D eigenvalue weighted by atomic mass is 10.2. The number of aromatic nitrogens is 1. The standard InChI is InChI=1S/C14H14ClF2N3/c1-2-18-13-11(16)7-12(17)14(20-13)19-8-9-5-3-4-6-10(9)15/h3-7H,2,8H2,1H3,(H2,18,19,20). The molecule has 2 N–H and O–H groups in total. The summed E-state index contributed by atoms with van der Waals surface area (Å²) in [4.78, 5) is 3.89. The molecule has 0 amide bonds. The van der Waals surface area contributed by atoms with Gasteiger partial charge in [-0.3, -0.25) is 0 Å². The third kappa shape index (κ3) is 3.36. The lowest BCUT2D eigenvalue weighted by Gasteiger charge is -2.11. The van der Waals surface area contributed by atoms with Crippen molar-refractivity contribution in [2.24, 2.45) is 0 Å². The molecule has 0 saturated heterocycles. The van der Waals surface area contributed by atoms with E-state index in [0.717, 1.165) is 11.6 Å². The molecule has 106 valence electrons. The monoisotopic (exact) mass is 297 g/mol. The quantitative estimate of drug-likeness (QED) is 0.874. The number of pyridine rings is 1. The van der Waals surface area contributed by atoms with Crippen LogP contribution in [0.4, 0.5) is 20.4 Å². The minimum atomic E-state index is -0.740. The van der Waals surface area contributed by atoms with Gasteiger partial charge in [0.25, 0.3) is 0 Å². The van der Waals surface area contributed by atoms with E-state index < -0.39 is 11.6 Å². The third-order valence-electron chi connectivity index (χ3n) is 2.68. The fraction of sp³-hybridized carbons (Fsp3) is 0.214. The van der Waals surface area contributed by atoms with Crippen molar-refractivity contribution < 1.29 is 8.78 Å². The lowest BCUT2D eigenvalue weighted by molar-refractivity contribution is 0.578. The molecule has 20 heavy (non-hydrogen) atoms. The maximum absolute atomic E-state index is 13.6. The second-order valence-electron chi connectivity index (χ2n) is 4.12. The number of hydrogen-bond donors (Lipinski definition) is 2. The highest BCUT2D eigenvalue weighted by Gasteiger charge is 2.11. The summed E-state index contributed by atoms with van der Waals surface area (Å²) < 4.78 is 27.1. The Balaban J connectivity index is 2.17. The van der Waals surface area contributed by atoms with Crippen LogP contribution in [0.15, 0.2) is 30.3 Å². The van der Waals surface area contributed by atoms with E-state index >= 15 is 0 Å². The maximum Gasteiger partial charge on any atom is 0.168 e. The Morgan fingerprint density at radius 1 is 1.10 bits per heavy atom. The van der Waals surface area contributed by atoms with Gasteiger partial charge in [-0.15, -0.1) is 0 Å². The average molecular weight is 298 g/mol. The predicted octanol–water partition coefficient (Wildman–Crippen LogP) is 4.06. The van der Waals surface area contributed by atoms with Crippen molar-refractivity contribution in [2.45, 2.75) is 13.5 Å². The molecule has 0 aliphatic heterocycles. The zero-order valence-electron chi connectivity index (χ0n) is 10.9. The van der Waals surface area contributed by atoms with Gasteiger partial charge in [0.2, 0.25) is 0 Å². The van der Waals surface area contributed by atoms with E-state index in [-0.39, 0.29) is 11.6 Å². The van der Waals surface area contributed by atoms with Crippen molar-refractivity contribution in [3.8, 4) is 0 Å². The summed E-state index contributed by atoms with van der Waals surface area (Å²) >= 11 is 6.01. The van der Waals surface area contributed by atoms with Crippen LogP contribution < -0.4 is 10.6 Å². The Hall–Kier alpha value is -1.88. The molecule has 0 saturated carbocycles. The van der Waals surface area contributed by atoms with Crippen LogP contribution in [0, 0.1) is 11.6 Å². The molecule has 0 spiro atoms. The first kappa shape index (κ1) is 14.5. The normalized spacial score (nSPS) is 10.4.